The van der Waals surface area contributed by atoms with Gasteiger partial charge in [0, 0.05) is 11.6 Å². The molecule has 2 aromatic rings. The van der Waals surface area contributed by atoms with E-state index in [1.807, 2.05) is 12.3 Å². The van der Waals surface area contributed by atoms with Crippen molar-refractivity contribution in [3.63, 3.8) is 0 Å². The van der Waals surface area contributed by atoms with Gasteiger partial charge in [-0.1, -0.05) is 25.3 Å². The molecule has 0 aromatic carbocycles. The first-order valence-corrected chi connectivity index (χ1v) is 6.40. The van der Waals surface area contributed by atoms with Crippen LogP contribution in [0.15, 0.2) is 24.7 Å². The maximum atomic E-state index is 4.35. The molecule has 0 atom stereocenters. The van der Waals surface area contributed by atoms with Crippen molar-refractivity contribution in [3.05, 3.63) is 30.4 Å². The third-order valence-corrected chi connectivity index (χ3v) is 3.56. The highest BCUT2D eigenvalue weighted by molar-refractivity contribution is 5.83. The minimum Gasteiger partial charge on any atom is -0.346 e. The van der Waals surface area contributed by atoms with E-state index in [4.69, 9.17) is 0 Å². The Hall–Kier alpha value is -1.64. The van der Waals surface area contributed by atoms with Crippen LogP contribution in [0.5, 0.6) is 0 Å². The lowest BCUT2D eigenvalue weighted by molar-refractivity contribution is 0.420. The van der Waals surface area contributed by atoms with Crippen molar-refractivity contribution in [2.45, 2.75) is 32.1 Å². The summed E-state index contributed by atoms with van der Waals surface area (Å²) < 4.78 is 0. The summed E-state index contributed by atoms with van der Waals surface area (Å²) in [5, 5.41) is 1.11. The van der Waals surface area contributed by atoms with Crippen LogP contribution in [-0.2, 0) is 0 Å². The molecule has 2 heterocycles. The Morgan fingerprint density at radius 1 is 1.18 bits per heavy atom. The van der Waals surface area contributed by atoms with E-state index in [0.29, 0.717) is 0 Å². The minimum atomic E-state index is 0.743. The monoisotopic (exact) mass is 227 g/mol. The number of rotatable bonds is 2. The van der Waals surface area contributed by atoms with Gasteiger partial charge in [0.2, 0.25) is 0 Å². The van der Waals surface area contributed by atoms with Gasteiger partial charge in [0.25, 0.3) is 0 Å². The number of aromatic amines is 1. The van der Waals surface area contributed by atoms with E-state index >= 15 is 0 Å². The molecule has 0 spiro atoms. The Balaban J connectivity index is 1.83. The Kier molecular flexibility index (Phi) is 2.90. The number of H-pyrrole nitrogens is 1. The van der Waals surface area contributed by atoms with E-state index in [2.05, 4.69) is 27.1 Å². The van der Waals surface area contributed by atoms with Crippen molar-refractivity contribution in [1.82, 2.24) is 15.0 Å². The van der Waals surface area contributed by atoms with Gasteiger partial charge in [-0.3, -0.25) is 0 Å². The first kappa shape index (κ1) is 10.5. The standard InChI is InChI=1S/C14H17N3/c1-2-4-11(5-3-1)6-7-13-12-8-9-15-14(12)17-10-16-13/h6-11H,1-5H2,(H,15,16,17)/b7-6+. The summed E-state index contributed by atoms with van der Waals surface area (Å²) >= 11 is 0. The van der Waals surface area contributed by atoms with Crippen LogP contribution in [-0.4, -0.2) is 15.0 Å². The van der Waals surface area contributed by atoms with Crippen LogP contribution in [0.25, 0.3) is 17.1 Å². The van der Waals surface area contributed by atoms with E-state index in [1.165, 1.54) is 32.1 Å². The zero-order valence-corrected chi connectivity index (χ0v) is 9.89. The van der Waals surface area contributed by atoms with E-state index in [9.17, 15) is 0 Å². The summed E-state index contributed by atoms with van der Waals surface area (Å²) in [5.41, 5.74) is 1.95. The molecule has 0 unspecified atom stereocenters. The third-order valence-electron chi connectivity index (χ3n) is 3.56. The van der Waals surface area contributed by atoms with Gasteiger partial charge < -0.3 is 4.98 Å². The van der Waals surface area contributed by atoms with Crippen molar-refractivity contribution >= 4 is 17.1 Å². The zero-order chi connectivity index (χ0) is 11.5. The van der Waals surface area contributed by atoms with Gasteiger partial charge >= 0.3 is 0 Å². The second-order valence-corrected chi connectivity index (χ2v) is 4.76. The average molecular weight is 227 g/mol. The Morgan fingerprint density at radius 2 is 2.06 bits per heavy atom. The molecule has 17 heavy (non-hydrogen) atoms. The van der Waals surface area contributed by atoms with Crippen LogP contribution < -0.4 is 0 Å². The van der Waals surface area contributed by atoms with Crippen LogP contribution in [0.1, 0.15) is 37.8 Å². The van der Waals surface area contributed by atoms with Crippen LogP contribution in [0, 0.1) is 5.92 Å². The smallest absolute Gasteiger partial charge is 0.141 e. The summed E-state index contributed by atoms with van der Waals surface area (Å²) in [6.07, 6.45) is 14.8. The van der Waals surface area contributed by atoms with E-state index in [0.717, 1.165) is 22.6 Å². The fourth-order valence-electron chi connectivity index (χ4n) is 2.58. The maximum absolute atomic E-state index is 4.35. The van der Waals surface area contributed by atoms with Crippen LogP contribution in [0.2, 0.25) is 0 Å². The van der Waals surface area contributed by atoms with Gasteiger partial charge in [-0.05, 0) is 30.9 Å². The van der Waals surface area contributed by atoms with Crippen molar-refractivity contribution < 1.29 is 0 Å². The van der Waals surface area contributed by atoms with Crippen LogP contribution in [0.4, 0.5) is 0 Å². The number of allylic oxidation sites excluding steroid dienone is 1. The first-order chi connectivity index (χ1) is 8.43. The lowest BCUT2D eigenvalue weighted by Crippen LogP contribution is -2.02. The Bertz CT molecular complexity index is 521. The highest BCUT2D eigenvalue weighted by Crippen LogP contribution is 2.25. The van der Waals surface area contributed by atoms with Crippen LogP contribution >= 0.6 is 0 Å². The number of nitrogens with zero attached hydrogens (tertiary/aromatic N) is 2. The molecule has 1 aliphatic carbocycles. The molecular formula is C14H17N3. The molecule has 88 valence electrons. The lowest BCUT2D eigenvalue weighted by Gasteiger charge is -2.17. The molecule has 0 amide bonds. The molecule has 0 saturated heterocycles. The molecule has 1 saturated carbocycles. The highest BCUT2D eigenvalue weighted by Gasteiger charge is 2.10. The Morgan fingerprint density at radius 3 is 2.94 bits per heavy atom. The number of hydrogen-bond donors (Lipinski definition) is 1. The summed E-state index contributed by atoms with van der Waals surface area (Å²) in [4.78, 5) is 11.7. The van der Waals surface area contributed by atoms with E-state index < -0.39 is 0 Å². The molecule has 1 aliphatic rings. The average Bonchev–Trinajstić information content (AvgIpc) is 2.86. The molecule has 2 aromatic heterocycles. The summed E-state index contributed by atoms with van der Waals surface area (Å²) in [6.45, 7) is 0. The van der Waals surface area contributed by atoms with Crippen molar-refractivity contribution in [2.75, 3.05) is 0 Å². The summed E-state index contributed by atoms with van der Waals surface area (Å²) in [7, 11) is 0. The molecule has 3 heteroatoms. The predicted octanol–water partition coefficient (Wildman–Crippen LogP) is 3.55. The second kappa shape index (κ2) is 4.70. The van der Waals surface area contributed by atoms with Crippen molar-refractivity contribution in [3.8, 4) is 0 Å². The summed E-state index contributed by atoms with van der Waals surface area (Å²) in [6, 6.07) is 2.04. The fraction of sp³-hybridized carbons (Fsp3) is 0.429. The van der Waals surface area contributed by atoms with Gasteiger partial charge in [0.15, 0.2) is 0 Å². The predicted molar refractivity (Wildman–Crippen MR) is 69.5 cm³/mol. The van der Waals surface area contributed by atoms with Gasteiger partial charge in [-0.15, -0.1) is 0 Å². The first-order valence-electron chi connectivity index (χ1n) is 6.40. The molecule has 3 rings (SSSR count). The number of nitrogens with one attached hydrogen (secondary N) is 1. The minimum absolute atomic E-state index is 0.743. The summed E-state index contributed by atoms with van der Waals surface area (Å²) in [5.74, 6) is 0.743. The maximum Gasteiger partial charge on any atom is 0.141 e. The Labute approximate surface area is 101 Å². The molecule has 0 bridgehead atoms. The number of fused-ring (bicyclic) bond motifs is 1. The third kappa shape index (κ3) is 2.23. The van der Waals surface area contributed by atoms with E-state index in [-0.39, 0.29) is 0 Å². The molecule has 1 N–H and O–H groups in total. The zero-order valence-electron chi connectivity index (χ0n) is 9.89. The second-order valence-electron chi connectivity index (χ2n) is 4.76. The lowest BCUT2D eigenvalue weighted by atomic mass is 9.89. The molecule has 1 fully saturated rings. The highest BCUT2D eigenvalue weighted by atomic mass is 14.9. The molecule has 0 radical (unpaired) electrons. The van der Waals surface area contributed by atoms with Gasteiger partial charge in [-0.25, -0.2) is 9.97 Å². The molecular weight excluding hydrogens is 210 g/mol. The molecule has 0 aliphatic heterocycles. The van der Waals surface area contributed by atoms with Gasteiger partial charge in [0.05, 0.1) is 5.69 Å². The van der Waals surface area contributed by atoms with Crippen molar-refractivity contribution in [2.24, 2.45) is 5.92 Å². The fourth-order valence-corrected chi connectivity index (χ4v) is 2.58. The molecule has 3 nitrogen and oxygen atoms in total. The normalized spacial score (nSPS) is 18.1. The topological polar surface area (TPSA) is 41.6 Å². The van der Waals surface area contributed by atoms with Crippen molar-refractivity contribution in [1.29, 1.82) is 0 Å². The SMILES string of the molecule is C(=C\C1CCCCC1)/c1ncnc2[nH]ccc12. The largest absolute Gasteiger partial charge is 0.346 e. The number of aromatic nitrogens is 3. The van der Waals surface area contributed by atoms with Gasteiger partial charge in [-0.2, -0.15) is 0 Å². The van der Waals surface area contributed by atoms with Gasteiger partial charge in [0.1, 0.15) is 12.0 Å². The quantitative estimate of drug-likeness (QED) is 0.852. The van der Waals surface area contributed by atoms with Crippen LogP contribution in [0.3, 0.4) is 0 Å². The number of hydrogen-bond acceptors (Lipinski definition) is 2. The van der Waals surface area contributed by atoms with E-state index in [1.54, 1.807) is 6.33 Å².